The average Bonchev–Trinajstić information content (AvgIpc) is 3.58. The maximum atomic E-state index is 12.5. The van der Waals surface area contributed by atoms with Crippen LogP contribution in [0.25, 0.3) is 0 Å². The molecule has 1 fully saturated rings. The van der Waals surface area contributed by atoms with Gasteiger partial charge in [-0.3, -0.25) is 40.4 Å². The van der Waals surface area contributed by atoms with Crippen molar-refractivity contribution in [3.8, 4) is 0 Å². The number of carbonyl (C=O) groups is 3. The molecule has 1 aliphatic rings. The minimum atomic E-state index is -0.441. The number of imide groups is 1. The molecule has 4 rings (SSSR count). The fourth-order valence-corrected chi connectivity index (χ4v) is 4.24. The van der Waals surface area contributed by atoms with E-state index in [1.54, 1.807) is 48.5 Å². The van der Waals surface area contributed by atoms with Crippen molar-refractivity contribution in [1.82, 2.24) is 29.6 Å². The van der Waals surface area contributed by atoms with E-state index in [9.17, 15) is 14.4 Å². The van der Waals surface area contributed by atoms with Gasteiger partial charge in [0.25, 0.3) is 11.8 Å². The van der Waals surface area contributed by atoms with Crippen LogP contribution in [0, 0.1) is 0 Å². The smallest absolute Gasteiger partial charge is 0.336 e. The van der Waals surface area contributed by atoms with E-state index in [0.29, 0.717) is 42.0 Å². The summed E-state index contributed by atoms with van der Waals surface area (Å²) in [6.45, 7) is 8.39. The van der Waals surface area contributed by atoms with Gasteiger partial charge in [0.1, 0.15) is 6.33 Å². The highest BCUT2D eigenvalue weighted by Crippen LogP contribution is 2.13. The first-order chi connectivity index (χ1) is 20.4. The van der Waals surface area contributed by atoms with E-state index in [1.165, 1.54) is 28.2 Å². The topological polar surface area (TPSA) is 155 Å². The molecule has 42 heavy (non-hydrogen) atoms. The quantitative estimate of drug-likeness (QED) is 0.178. The second-order valence-corrected chi connectivity index (χ2v) is 9.84. The number of amides is 3. The highest BCUT2D eigenvalue weighted by atomic mass is 16.5. The SMILES string of the molecule is CCCN(C(=O)c1ccc(NO)cc1)C(=O)n1ccnc1.CN1CCN(CCCNC(=O)c2ccc(NO)cc2)CC1. The zero-order valence-electron chi connectivity index (χ0n) is 24.1. The molecule has 0 aliphatic carbocycles. The van der Waals surface area contributed by atoms with Crippen LogP contribution in [0.15, 0.2) is 67.3 Å². The molecule has 0 unspecified atom stereocenters. The van der Waals surface area contributed by atoms with Crippen molar-refractivity contribution < 1.29 is 24.8 Å². The first-order valence-corrected chi connectivity index (χ1v) is 13.9. The molecule has 13 nitrogen and oxygen atoms in total. The number of nitrogens with one attached hydrogen (secondary N) is 3. The van der Waals surface area contributed by atoms with E-state index < -0.39 is 6.03 Å². The first kappa shape index (κ1) is 32.2. The maximum absolute atomic E-state index is 12.5. The van der Waals surface area contributed by atoms with Gasteiger partial charge in [0, 0.05) is 62.8 Å². The van der Waals surface area contributed by atoms with Crippen LogP contribution in [-0.4, -0.2) is 105 Å². The Hall–Kier alpha value is -4.30. The summed E-state index contributed by atoms with van der Waals surface area (Å²) in [7, 11) is 2.15. The van der Waals surface area contributed by atoms with Crippen LogP contribution in [0.1, 0.15) is 40.5 Å². The van der Waals surface area contributed by atoms with E-state index in [2.05, 4.69) is 27.1 Å². The Balaban J connectivity index is 0.000000230. The maximum Gasteiger partial charge on any atom is 0.336 e. The van der Waals surface area contributed by atoms with Crippen LogP contribution in [0.2, 0.25) is 0 Å². The number of aromatic nitrogens is 2. The summed E-state index contributed by atoms with van der Waals surface area (Å²) in [5, 5.41) is 20.4. The van der Waals surface area contributed by atoms with Gasteiger partial charge in [-0.15, -0.1) is 0 Å². The summed E-state index contributed by atoms with van der Waals surface area (Å²) in [4.78, 5) is 46.4. The molecule has 226 valence electrons. The van der Waals surface area contributed by atoms with Crippen LogP contribution in [0.3, 0.4) is 0 Å². The molecule has 3 amide bonds. The monoisotopic (exact) mass is 580 g/mol. The fourth-order valence-electron chi connectivity index (χ4n) is 4.24. The molecule has 2 heterocycles. The number of hydrogen-bond donors (Lipinski definition) is 5. The zero-order valence-corrected chi connectivity index (χ0v) is 24.1. The molecule has 0 atom stereocenters. The van der Waals surface area contributed by atoms with Crippen molar-refractivity contribution in [3.05, 3.63) is 78.4 Å². The number of imidazole rings is 1. The van der Waals surface area contributed by atoms with Crippen LogP contribution in [0.5, 0.6) is 0 Å². The van der Waals surface area contributed by atoms with Crippen LogP contribution >= 0.6 is 0 Å². The average molecular weight is 581 g/mol. The van der Waals surface area contributed by atoms with Gasteiger partial charge >= 0.3 is 6.03 Å². The number of benzene rings is 2. The van der Waals surface area contributed by atoms with Gasteiger partial charge in [-0.25, -0.2) is 9.78 Å². The Morgan fingerprint density at radius 3 is 2.02 bits per heavy atom. The van der Waals surface area contributed by atoms with Crippen molar-refractivity contribution in [2.24, 2.45) is 0 Å². The summed E-state index contributed by atoms with van der Waals surface area (Å²) in [5.74, 6) is -0.460. The molecule has 0 spiro atoms. The van der Waals surface area contributed by atoms with Crippen LogP contribution in [0.4, 0.5) is 16.2 Å². The summed E-state index contributed by atoms with van der Waals surface area (Å²) < 4.78 is 1.26. The summed E-state index contributed by atoms with van der Waals surface area (Å²) in [5.41, 5.74) is 6.05. The van der Waals surface area contributed by atoms with Crippen molar-refractivity contribution in [2.75, 3.05) is 63.8 Å². The number of carbonyl (C=O) groups excluding carboxylic acids is 3. The molecule has 3 aromatic rings. The van der Waals surface area contributed by atoms with Gasteiger partial charge in [-0.2, -0.15) is 0 Å². The first-order valence-electron chi connectivity index (χ1n) is 13.9. The Kier molecular flexibility index (Phi) is 12.9. The largest absolute Gasteiger partial charge is 0.352 e. The van der Waals surface area contributed by atoms with E-state index >= 15 is 0 Å². The fraction of sp³-hybridized carbons (Fsp3) is 0.379. The number of piperazine rings is 1. The molecule has 0 saturated carbocycles. The molecule has 1 saturated heterocycles. The van der Waals surface area contributed by atoms with E-state index in [-0.39, 0.29) is 11.8 Å². The number of likely N-dealkylation sites (N-methyl/N-ethyl adjacent to an activating group) is 1. The van der Waals surface area contributed by atoms with Crippen molar-refractivity contribution in [2.45, 2.75) is 19.8 Å². The predicted octanol–water partition coefficient (Wildman–Crippen LogP) is 3.06. The molecule has 13 heteroatoms. The van der Waals surface area contributed by atoms with Gasteiger partial charge in [0.2, 0.25) is 0 Å². The second-order valence-electron chi connectivity index (χ2n) is 9.84. The molecular formula is C29H40N8O5. The lowest BCUT2D eigenvalue weighted by atomic mass is 10.2. The van der Waals surface area contributed by atoms with Gasteiger partial charge in [0.05, 0.1) is 11.4 Å². The summed E-state index contributed by atoms with van der Waals surface area (Å²) >= 11 is 0. The highest BCUT2D eigenvalue weighted by Gasteiger charge is 2.23. The van der Waals surface area contributed by atoms with Gasteiger partial charge in [0.15, 0.2) is 0 Å². The van der Waals surface area contributed by atoms with E-state index in [4.69, 9.17) is 10.4 Å². The van der Waals surface area contributed by atoms with Gasteiger partial charge < -0.3 is 15.1 Å². The highest BCUT2D eigenvalue weighted by molar-refractivity contribution is 6.04. The third kappa shape index (κ3) is 9.66. The molecule has 1 aliphatic heterocycles. The minimum absolute atomic E-state index is 0.0714. The van der Waals surface area contributed by atoms with Gasteiger partial charge in [-0.1, -0.05) is 6.92 Å². The van der Waals surface area contributed by atoms with Crippen LogP contribution in [-0.2, 0) is 0 Å². The van der Waals surface area contributed by atoms with Gasteiger partial charge in [-0.05, 0) is 75.0 Å². The number of nitrogens with zero attached hydrogens (tertiary/aromatic N) is 5. The lowest BCUT2D eigenvalue weighted by Crippen LogP contribution is -2.45. The van der Waals surface area contributed by atoms with Crippen LogP contribution < -0.4 is 16.3 Å². The van der Waals surface area contributed by atoms with E-state index in [1.807, 2.05) is 17.9 Å². The summed E-state index contributed by atoms with van der Waals surface area (Å²) in [6.07, 6.45) is 5.95. The number of hydrogen-bond acceptors (Lipinski definition) is 10. The minimum Gasteiger partial charge on any atom is -0.352 e. The predicted molar refractivity (Wildman–Crippen MR) is 159 cm³/mol. The van der Waals surface area contributed by atoms with Crippen molar-refractivity contribution in [1.29, 1.82) is 0 Å². The zero-order chi connectivity index (χ0) is 30.3. The lowest BCUT2D eigenvalue weighted by Gasteiger charge is -2.32. The molecule has 2 aromatic carbocycles. The molecule has 0 bridgehead atoms. The van der Waals surface area contributed by atoms with Crippen molar-refractivity contribution in [3.63, 3.8) is 0 Å². The van der Waals surface area contributed by atoms with Crippen molar-refractivity contribution >= 4 is 29.2 Å². The Morgan fingerprint density at radius 2 is 1.50 bits per heavy atom. The van der Waals surface area contributed by atoms with E-state index in [0.717, 1.165) is 39.1 Å². The normalized spacial score (nSPS) is 13.4. The standard InChI is InChI=1S/C15H24N4O2.C14H16N4O3/c1-18-9-11-19(12-10-18)8-2-7-16-15(20)13-3-5-14(17-21)6-4-13;1-2-8-18(14(20)17-9-7-15-10-17)13(19)11-3-5-12(16-21)6-4-11/h3-6,17,21H,2,7-12H2,1H3,(H,16,20);3-7,9-10,16,21H,2,8H2,1H3. The second kappa shape index (κ2) is 16.8. The third-order valence-electron chi connectivity index (χ3n) is 6.72. The Morgan fingerprint density at radius 1 is 0.905 bits per heavy atom. The molecule has 5 N–H and O–H groups in total. The third-order valence-corrected chi connectivity index (χ3v) is 6.72. The Bertz CT molecular complexity index is 1240. The Labute approximate surface area is 245 Å². The molecule has 1 aromatic heterocycles. The molecular weight excluding hydrogens is 540 g/mol. The molecule has 0 radical (unpaired) electrons. The lowest BCUT2D eigenvalue weighted by molar-refractivity contribution is 0.0800. The number of rotatable bonds is 10. The summed E-state index contributed by atoms with van der Waals surface area (Å²) in [6, 6.07) is 12.5. The number of anilines is 2.